The Morgan fingerprint density at radius 3 is 0.710 bits per heavy atom. The van der Waals surface area contributed by atoms with Crippen molar-refractivity contribution in [1.29, 1.82) is 0 Å². The molecule has 18 aromatic carbocycles. The van der Waals surface area contributed by atoms with E-state index in [0.717, 1.165) is 89.0 Å². The topological polar surface area (TPSA) is 182 Å². The van der Waals surface area contributed by atoms with Crippen molar-refractivity contribution in [2.75, 3.05) is 0 Å². The molecule has 0 amide bonds. The lowest BCUT2D eigenvalue weighted by atomic mass is 9.79. The molecule has 0 aliphatic heterocycles. The fraction of sp³-hybridized carbons (Fsp3) is 0. The Kier molecular flexibility index (Phi) is 22.1. The zero-order valence-electron chi connectivity index (χ0n) is 67.2. The van der Waals surface area contributed by atoms with Crippen LogP contribution in [0.15, 0.2) is 437 Å². The zero-order chi connectivity index (χ0) is 84.3. The lowest BCUT2D eigenvalue weighted by Gasteiger charge is -2.11. The number of fused-ring (bicyclic) bond motifs is 12. The Morgan fingerprint density at radius 1 is 0.129 bits per heavy atom. The van der Waals surface area contributed by atoms with Gasteiger partial charge in [0.2, 0.25) is 0 Å². The Balaban J connectivity index is 0.000000109. The molecule has 0 saturated heterocycles. The number of aromatic nitrogens is 4. The maximum absolute atomic E-state index is 9.74. The van der Waals surface area contributed by atoms with E-state index in [4.69, 9.17) is 0 Å². The second-order valence-corrected chi connectivity index (χ2v) is 30.8. The van der Waals surface area contributed by atoms with Crippen LogP contribution in [0.3, 0.4) is 0 Å². The molecular formula is C108H80B4N4O8. The molecule has 0 saturated carbocycles. The van der Waals surface area contributed by atoms with Gasteiger partial charge in [-0.1, -0.05) is 309 Å². The average Bonchev–Trinajstić information content (AvgIpc) is 1.57. The number of para-hydroxylation sites is 4. The lowest BCUT2D eigenvalue weighted by molar-refractivity contribution is 0.424. The molecular weight excluding hydrogens is 1520 g/mol. The molecule has 16 heteroatoms. The summed E-state index contributed by atoms with van der Waals surface area (Å²) in [6.07, 6.45) is 0. The predicted octanol–water partition coefficient (Wildman–Crippen LogP) is 19.9. The van der Waals surface area contributed by atoms with E-state index in [2.05, 4.69) is 316 Å². The number of hydrogen-bond donors (Lipinski definition) is 8. The van der Waals surface area contributed by atoms with Crippen LogP contribution in [0.1, 0.15) is 0 Å². The fourth-order valence-electron chi connectivity index (χ4n) is 17.2. The molecule has 0 unspecified atom stereocenters. The highest BCUT2D eigenvalue weighted by Crippen LogP contribution is 2.42. The average molecular weight is 1610 g/mol. The van der Waals surface area contributed by atoms with Gasteiger partial charge in [-0.3, -0.25) is 0 Å². The van der Waals surface area contributed by atoms with Crippen LogP contribution >= 0.6 is 0 Å². The van der Waals surface area contributed by atoms with E-state index in [1.165, 1.54) is 87.8 Å². The van der Waals surface area contributed by atoms with Crippen molar-refractivity contribution in [1.82, 2.24) is 18.3 Å². The first kappa shape index (κ1) is 78.9. The van der Waals surface area contributed by atoms with Crippen molar-refractivity contribution in [3.8, 4) is 89.5 Å². The maximum Gasteiger partial charge on any atom is 0.488 e. The van der Waals surface area contributed by atoms with Gasteiger partial charge in [-0.25, -0.2) is 0 Å². The van der Waals surface area contributed by atoms with Crippen molar-refractivity contribution in [3.05, 3.63) is 437 Å². The van der Waals surface area contributed by atoms with Crippen molar-refractivity contribution < 1.29 is 40.2 Å². The first-order valence-corrected chi connectivity index (χ1v) is 41.2. The summed E-state index contributed by atoms with van der Waals surface area (Å²) in [5.74, 6) is 0. The van der Waals surface area contributed by atoms with Gasteiger partial charge in [0.25, 0.3) is 0 Å². The quantitative estimate of drug-likeness (QED) is 0.0495. The third-order valence-corrected chi connectivity index (χ3v) is 23.3. The summed E-state index contributed by atoms with van der Waals surface area (Å²) in [6, 6.07) is 148. The highest BCUT2D eigenvalue weighted by molar-refractivity contribution is 6.60. The van der Waals surface area contributed by atoms with Gasteiger partial charge in [0.1, 0.15) is 0 Å². The highest BCUT2D eigenvalue weighted by Gasteiger charge is 2.22. The molecule has 0 fully saturated rings. The normalized spacial score (nSPS) is 11.2. The van der Waals surface area contributed by atoms with E-state index in [9.17, 15) is 40.2 Å². The minimum Gasteiger partial charge on any atom is -0.423 e. The molecule has 22 aromatic rings. The van der Waals surface area contributed by atoms with E-state index in [-0.39, 0.29) is 0 Å². The summed E-state index contributed by atoms with van der Waals surface area (Å²) in [5, 5.41) is 85.7. The molecule has 592 valence electrons. The standard InChI is InChI=1S/2C30H22BNO2.2C24H18BNO2/c33-31(34)25-12-7-13-26(20-25)32-29-16-14-23(21-8-3-1-4-9-21)18-27(29)28-19-24(15-17-30(28)32)22-10-5-2-6-11-22;33-31(34)25-13-15-26(16-14-25)32-29-17-11-23(21-7-3-1-4-8-21)19-27(29)28-20-24(12-18-30(28)32)22-9-5-2-6-10-22;27-25(28)19-9-5-7-17(15-19)18-8-6-10-20(16-18)26-23-13-3-1-11-21(23)22-12-2-4-14-24(22)26;27-25(28)19-13-10-17(11-14-19)18-12-15-24-22(16-18)21-8-4-5-9-23(21)26(24)20-6-2-1-3-7-20/h2*1-20,33-34H;2*1-16,27-28H. The second-order valence-electron chi connectivity index (χ2n) is 30.8. The minimum absolute atomic E-state index is 0.467. The van der Waals surface area contributed by atoms with Crippen molar-refractivity contribution in [3.63, 3.8) is 0 Å². The smallest absolute Gasteiger partial charge is 0.423 e. The monoisotopic (exact) mass is 1600 g/mol. The largest absolute Gasteiger partial charge is 0.488 e. The van der Waals surface area contributed by atoms with Gasteiger partial charge < -0.3 is 58.5 Å². The molecule has 4 heterocycles. The van der Waals surface area contributed by atoms with Crippen LogP contribution in [0, 0.1) is 0 Å². The Labute approximate surface area is 717 Å². The van der Waals surface area contributed by atoms with Crippen LogP contribution in [0.4, 0.5) is 0 Å². The number of hydrogen-bond acceptors (Lipinski definition) is 8. The van der Waals surface area contributed by atoms with Crippen LogP contribution in [-0.2, 0) is 0 Å². The van der Waals surface area contributed by atoms with E-state index in [1.54, 1.807) is 36.4 Å². The van der Waals surface area contributed by atoms with Gasteiger partial charge in [-0.05, 0) is 216 Å². The van der Waals surface area contributed by atoms with Crippen molar-refractivity contribution >= 4 is 138 Å². The number of nitrogens with zero attached hydrogens (tertiary/aromatic N) is 4. The Morgan fingerprint density at radius 2 is 0.347 bits per heavy atom. The zero-order valence-corrected chi connectivity index (χ0v) is 67.2. The first-order chi connectivity index (χ1) is 60.8. The summed E-state index contributed by atoms with van der Waals surface area (Å²) in [7, 11) is -5.91. The predicted molar refractivity (Wildman–Crippen MR) is 515 cm³/mol. The SMILES string of the molecule is OB(O)c1ccc(-c2ccc3c(c2)c2ccccc2n3-c2ccccc2)cc1.OB(O)c1ccc(-n2c3ccc(-c4ccccc4)cc3c3cc(-c4ccccc4)ccc32)cc1.OB(O)c1cccc(-c2cccc(-n3c4ccccc4c4ccccc43)c2)c1.OB(O)c1cccc(-n2c3ccc(-c4ccccc4)cc3c3cc(-c4ccccc4)ccc32)c1. The summed E-state index contributed by atoms with van der Waals surface area (Å²) < 4.78 is 9.00. The molecule has 0 aliphatic carbocycles. The van der Waals surface area contributed by atoms with Crippen molar-refractivity contribution in [2.45, 2.75) is 0 Å². The maximum atomic E-state index is 9.74. The molecule has 22 rings (SSSR count). The van der Waals surface area contributed by atoms with Crippen LogP contribution in [-0.4, -0.2) is 86.9 Å². The molecule has 0 spiro atoms. The van der Waals surface area contributed by atoms with Crippen LogP contribution in [0.2, 0.25) is 0 Å². The molecule has 4 aromatic heterocycles. The summed E-state index contributed by atoms with van der Waals surface area (Å²) in [5.41, 5.74) is 28.6. The molecule has 0 bridgehead atoms. The molecule has 124 heavy (non-hydrogen) atoms. The summed E-state index contributed by atoms with van der Waals surface area (Å²) >= 11 is 0. The van der Waals surface area contributed by atoms with E-state index >= 15 is 0 Å². The second kappa shape index (κ2) is 34.7. The van der Waals surface area contributed by atoms with Gasteiger partial charge in [0, 0.05) is 65.8 Å². The molecule has 0 aliphatic rings. The first-order valence-electron chi connectivity index (χ1n) is 41.2. The number of benzene rings is 18. The molecule has 0 atom stereocenters. The summed E-state index contributed by atoms with van der Waals surface area (Å²) in [4.78, 5) is 0. The van der Waals surface area contributed by atoms with Crippen LogP contribution in [0.5, 0.6) is 0 Å². The summed E-state index contributed by atoms with van der Waals surface area (Å²) in [6.45, 7) is 0. The lowest BCUT2D eigenvalue weighted by Crippen LogP contribution is -2.29. The van der Waals surface area contributed by atoms with Crippen LogP contribution in [0.25, 0.3) is 177 Å². The Hall–Kier alpha value is -14.9. The van der Waals surface area contributed by atoms with Gasteiger partial charge >= 0.3 is 28.5 Å². The highest BCUT2D eigenvalue weighted by atomic mass is 16.4. The van der Waals surface area contributed by atoms with E-state index in [0.29, 0.717) is 21.9 Å². The van der Waals surface area contributed by atoms with Gasteiger partial charge in [-0.15, -0.1) is 0 Å². The Bertz CT molecular complexity index is 7370. The van der Waals surface area contributed by atoms with Gasteiger partial charge in [-0.2, -0.15) is 0 Å². The molecule has 8 N–H and O–H groups in total. The third kappa shape index (κ3) is 15.7. The molecule has 12 nitrogen and oxygen atoms in total. The number of rotatable bonds is 14. The third-order valence-electron chi connectivity index (χ3n) is 23.3. The van der Waals surface area contributed by atoms with E-state index in [1.807, 2.05) is 103 Å². The molecule has 0 radical (unpaired) electrons. The fourth-order valence-corrected chi connectivity index (χ4v) is 17.2. The van der Waals surface area contributed by atoms with Gasteiger partial charge in [0.05, 0.1) is 44.1 Å². The van der Waals surface area contributed by atoms with Crippen LogP contribution < -0.4 is 21.9 Å². The van der Waals surface area contributed by atoms with Crippen molar-refractivity contribution in [2.24, 2.45) is 0 Å². The van der Waals surface area contributed by atoms with E-state index < -0.39 is 28.5 Å². The minimum atomic E-state index is -1.51. The van der Waals surface area contributed by atoms with Gasteiger partial charge in [0.15, 0.2) is 0 Å².